The summed E-state index contributed by atoms with van der Waals surface area (Å²) in [5, 5.41) is 9.60. The summed E-state index contributed by atoms with van der Waals surface area (Å²) >= 11 is 0. The lowest BCUT2D eigenvalue weighted by Gasteiger charge is -2.31. The van der Waals surface area contributed by atoms with Crippen LogP contribution in [-0.4, -0.2) is 8.07 Å². The topological polar surface area (TPSA) is 12.0 Å². The molecule has 204 valence electrons. The summed E-state index contributed by atoms with van der Waals surface area (Å²) in [5.41, 5.74) is 8.76. The van der Waals surface area contributed by atoms with Crippen molar-refractivity contribution in [2.45, 2.75) is 26.2 Å². The van der Waals surface area contributed by atoms with Crippen LogP contribution in [0.15, 0.2) is 152 Å². The number of hydrogen-bond acceptors (Lipinski definition) is 1. The number of nitrogens with one attached hydrogen (secondary N) is 1. The zero-order chi connectivity index (χ0) is 28.7. The molecule has 6 aromatic rings. The van der Waals surface area contributed by atoms with Crippen LogP contribution in [-0.2, 0) is 5.41 Å². The summed E-state index contributed by atoms with van der Waals surface area (Å²) in [4.78, 5) is 0. The Balaban J connectivity index is 1.40. The molecule has 1 N–H and O–H groups in total. The van der Waals surface area contributed by atoms with Crippen LogP contribution in [0.1, 0.15) is 26.3 Å². The molecular weight excluding hydrogens is 523 g/mol. The van der Waals surface area contributed by atoms with Crippen molar-refractivity contribution in [3.05, 3.63) is 157 Å². The molecule has 0 fully saturated rings. The highest BCUT2D eigenvalue weighted by molar-refractivity contribution is 7.22. The van der Waals surface area contributed by atoms with Gasteiger partial charge in [-0.1, -0.05) is 148 Å². The number of benzene rings is 6. The minimum absolute atomic E-state index is 0.0716. The van der Waals surface area contributed by atoms with Gasteiger partial charge in [-0.2, -0.15) is 0 Å². The summed E-state index contributed by atoms with van der Waals surface area (Å²) in [7, 11) is -2.46. The Morgan fingerprint density at radius 3 is 1.69 bits per heavy atom. The monoisotopic (exact) mass is 557 g/mol. The predicted octanol–water partition coefficient (Wildman–Crippen LogP) is 7.75. The van der Waals surface area contributed by atoms with Gasteiger partial charge in [0.2, 0.25) is 0 Å². The Bertz CT molecular complexity index is 1830. The van der Waals surface area contributed by atoms with Crippen LogP contribution in [0.5, 0.6) is 0 Å². The van der Waals surface area contributed by atoms with Crippen molar-refractivity contribution in [1.29, 1.82) is 0 Å². The number of hydrogen-bond donors (Lipinski definition) is 1. The van der Waals surface area contributed by atoms with E-state index in [4.69, 9.17) is 0 Å². The number of rotatable bonds is 5. The molecule has 0 radical (unpaired) electrons. The number of anilines is 2. The van der Waals surface area contributed by atoms with Crippen LogP contribution >= 0.6 is 0 Å². The molecule has 2 heteroatoms. The van der Waals surface area contributed by atoms with Crippen LogP contribution in [0, 0.1) is 0 Å². The fourth-order valence-corrected chi connectivity index (χ4v) is 11.8. The van der Waals surface area contributed by atoms with Gasteiger partial charge in [-0.3, -0.25) is 0 Å². The van der Waals surface area contributed by atoms with E-state index in [1.54, 1.807) is 0 Å². The zero-order valence-corrected chi connectivity index (χ0v) is 25.4. The molecule has 0 bridgehead atoms. The molecule has 42 heavy (non-hydrogen) atoms. The molecule has 0 aliphatic carbocycles. The van der Waals surface area contributed by atoms with E-state index in [1.165, 1.54) is 48.6 Å². The van der Waals surface area contributed by atoms with Gasteiger partial charge in [-0.05, 0) is 72.7 Å². The van der Waals surface area contributed by atoms with Crippen LogP contribution in [0.25, 0.3) is 22.3 Å². The van der Waals surface area contributed by atoms with E-state index in [0.29, 0.717) is 0 Å². The van der Waals surface area contributed by atoms with E-state index in [-0.39, 0.29) is 5.41 Å². The third kappa shape index (κ3) is 4.31. The minimum Gasteiger partial charge on any atom is -0.355 e. The highest BCUT2D eigenvalue weighted by Crippen LogP contribution is 2.36. The van der Waals surface area contributed by atoms with Gasteiger partial charge >= 0.3 is 0 Å². The Morgan fingerprint density at radius 2 is 1.05 bits per heavy atom. The van der Waals surface area contributed by atoms with Crippen molar-refractivity contribution in [3.63, 3.8) is 0 Å². The molecule has 1 aliphatic heterocycles. The first kappa shape index (κ1) is 26.2. The molecule has 0 atom stereocenters. The molecule has 1 aliphatic rings. The Labute approximate surface area is 250 Å². The summed E-state index contributed by atoms with van der Waals surface area (Å²) in [6, 6.07) is 56.1. The molecule has 0 unspecified atom stereocenters. The fourth-order valence-electron chi connectivity index (χ4n) is 6.66. The lowest BCUT2D eigenvalue weighted by molar-refractivity contribution is 0.590. The quantitative estimate of drug-likeness (QED) is 0.213. The van der Waals surface area contributed by atoms with E-state index in [1.807, 2.05) is 0 Å². The van der Waals surface area contributed by atoms with Crippen LogP contribution in [0.2, 0.25) is 0 Å². The number of fused-ring (bicyclic) bond motifs is 3. The van der Waals surface area contributed by atoms with Crippen LogP contribution < -0.4 is 26.1 Å². The summed E-state index contributed by atoms with van der Waals surface area (Å²) in [5.74, 6) is 0. The van der Waals surface area contributed by atoms with Crippen molar-refractivity contribution >= 4 is 40.2 Å². The molecule has 6 aromatic carbocycles. The van der Waals surface area contributed by atoms with Gasteiger partial charge in [0.25, 0.3) is 0 Å². The normalized spacial score (nSPS) is 13.3. The standard InChI is InChI=1S/C40H35NSi/c1-40(2,3)30-23-25-37(35(27-30)29-15-7-4-8-16-29)41-31-24-26-39-36(28-31)34-21-13-14-22-38(34)42(39,32-17-9-5-10-18-32)33-19-11-6-12-20-33/h4-28,41H,1-3H3. The Morgan fingerprint density at radius 1 is 0.476 bits per heavy atom. The summed E-state index contributed by atoms with van der Waals surface area (Å²) < 4.78 is 0. The van der Waals surface area contributed by atoms with Gasteiger partial charge < -0.3 is 5.32 Å². The molecule has 1 heterocycles. The maximum absolute atomic E-state index is 3.83. The highest BCUT2D eigenvalue weighted by atomic mass is 28.3. The first-order valence-electron chi connectivity index (χ1n) is 14.8. The SMILES string of the molecule is CC(C)(C)c1ccc(Nc2ccc3c(c2)-c2ccccc2[Si]3(c2ccccc2)c2ccccc2)c(-c2ccccc2)c1. The van der Waals surface area contributed by atoms with Crippen molar-refractivity contribution in [2.24, 2.45) is 0 Å². The van der Waals surface area contributed by atoms with E-state index in [2.05, 4.69) is 178 Å². The van der Waals surface area contributed by atoms with E-state index in [0.717, 1.165) is 11.4 Å². The van der Waals surface area contributed by atoms with Gasteiger partial charge in [0.1, 0.15) is 0 Å². The van der Waals surface area contributed by atoms with E-state index in [9.17, 15) is 0 Å². The molecular formula is C40H35NSi. The highest BCUT2D eigenvalue weighted by Gasteiger charge is 2.48. The second-order valence-electron chi connectivity index (χ2n) is 12.3. The van der Waals surface area contributed by atoms with Gasteiger partial charge in [-0.25, -0.2) is 0 Å². The molecule has 0 aromatic heterocycles. The molecule has 0 spiro atoms. The summed E-state index contributed by atoms with van der Waals surface area (Å²) in [6.45, 7) is 6.83. The van der Waals surface area contributed by atoms with Crippen molar-refractivity contribution in [1.82, 2.24) is 0 Å². The predicted molar refractivity (Wildman–Crippen MR) is 183 cm³/mol. The molecule has 0 saturated carbocycles. The average molecular weight is 558 g/mol. The van der Waals surface area contributed by atoms with Crippen LogP contribution in [0.4, 0.5) is 11.4 Å². The average Bonchev–Trinajstić information content (AvgIpc) is 3.32. The first-order chi connectivity index (χ1) is 20.5. The van der Waals surface area contributed by atoms with Crippen LogP contribution in [0.3, 0.4) is 0 Å². The van der Waals surface area contributed by atoms with E-state index < -0.39 is 8.07 Å². The maximum atomic E-state index is 3.83. The third-order valence-electron chi connectivity index (χ3n) is 8.71. The van der Waals surface area contributed by atoms with Gasteiger partial charge in [0.05, 0.1) is 0 Å². The van der Waals surface area contributed by atoms with Crippen molar-refractivity contribution in [2.75, 3.05) is 5.32 Å². The van der Waals surface area contributed by atoms with E-state index >= 15 is 0 Å². The second kappa shape index (κ2) is 10.3. The van der Waals surface area contributed by atoms with Gasteiger partial charge in [0, 0.05) is 16.9 Å². The largest absolute Gasteiger partial charge is 0.355 e. The molecule has 7 rings (SSSR count). The minimum atomic E-state index is -2.46. The maximum Gasteiger partial charge on any atom is 0.180 e. The van der Waals surface area contributed by atoms with Crippen molar-refractivity contribution < 1.29 is 0 Å². The van der Waals surface area contributed by atoms with Gasteiger partial charge in [-0.15, -0.1) is 0 Å². The van der Waals surface area contributed by atoms with Gasteiger partial charge in [0.15, 0.2) is 8.07 Å². The van der Waals surface area contributed by atoms with Crippen molar-refractivity contribution in [3.8, 4) is 22.3 Å². The molecule has 1 nitrogen and oxygen atoms in total. The molecule has 0 amide bonds. The fraction of sp³-hybridized carbons (Fsp3) is 0.100. The summed E-state index contributed by atoms with van der Waals surface area (Å²) in [6.07, 6.45) is 0. The second-order valence-corrected chi connectivity index (χ2v) is 16.0. The third-order valence-corrected chi connectivity index (χ3v) is 13.6. The first-order valence-corrected chi connectivity index (χ1v) is 16.8. The molecule has 0 saturated heterocycles. The zero-order valence-electron chi connectivity index (χ0n) is 24.4. The Kier molecular flexibility index (Phi) is 6.44. The lowest BCUT2D eigenvalue weighted by Crippen LogP contribution is -2.72. The Hall–Kier alpha value is -4.66. The lowest BCUT2D eigenvalue weighted by atomic mass is 9.85. The smallest absolute Gasteiger partial charge is 0.180 e.